The lowest BCUT2D eigenvalue weighted by Gasteiger charge is -2.15. The highest BCUT2D eigenvalue weighted by Gasteiger charge is 2.26. The third-order valence-corrected chi connectivity index (χ3v) is 4.50. The average Bonchev–Trinajstić information content (AvgIpc) is 3.20. The van der Waals surface area contributed by atoms with Gasteiger partial charge in [0, 0.05) is 25.6 Å². The number of aromatic nitrogens is 2. The SMILES string of the molecule is CC(C)c1c(C(=O)NCC2CNCC2O)cnn1-c1ccc(F)cc1.Cl. The van der Waals surface area contributed by atoms with Crippen LogP contribution in [0.2, 0.25) is 0 Å². The maximum atomic E-state index is 13.2. The molecule has 1 aromatic carbocycles. The van der Waals surface area contributed by atoms with Gasteiger partial charge in [-0.3, -0.25) is 4.79 Å². The van der Waals surface area contributed by atoms with E-state index in [1.165, 1.54) is 18.3 Å². The molecule has 2 heterocycles. The number of nitrogens with one attached hydrogen (secondary N) is 2. The smallest absolute Gasteiger partial charge is 0.254 e. The van der Waals surface area contributed by atoms with E-state index in [9.17, 15) is 14.3 Å². The molecule has 0 saturated carbocycles. The van der Waals surface area contributed by atoms with Crippen molar-refractivity contribution in [2.45, 2.75) is 25.9 Å². The van der Waals surface area contributed by atoms with Crippen LogP contribution in [0.25, 0.3) is 5.69 Å². The van der Waals surface area contributed by atoms with Gasteiger partial charge in [0.1, 0.15) is 5.82 Å². The highest BCUT2D eigenvalue weighted by molar-refractivity contribution is 5.95. The van der Waals surface area contributed by atoms with E-state index in [2.05, 4.69) is 15.7 Å². The van der Waals surface area contributed by atoms with E-state index in [0.717, 1.165) is 5.69 Å². The van der Waals surface area contributed by atoms with Crippen LogP contribution in [0.3, 0.4) is 0 Å². The van der Waals surface area contributed by atoms with E-state index in [0.29, 0.717) is 30.9 Å². The van der Waals surface area contributed by atoms with Gasteiger partial charge in [0.05, 0.1) is 29.2 Å². The first-order valence-electron chi connectivity index (χ1n) is 8.48. The fraction of sp³-hybridized carbons (Fsp3) is 0.444. The predicted octanol–water partition coefficient (Wildman–Crippen LogP) is 1.87. The van der Waals surface area contributed by atoms with Crippen molar-refractivity contribution in [2.24, 2.45) is 5.92 Å². The van der Waals surface area contributed by atoms with Crippen LogP contribution >= 0.6 is 12.4 Å². The van der Waals surface area contributed by atoms with Crippen molar-refractivity contribution >= 4 is 18.3 Å². The summed E-state index contributed by atoms with van der Waals surface area (Å²) in [5, 5.41) is 20.1. The standard InChI is InChI=1S/C18H23FN4O2.ClH/c1-11(2)17-15(18(25)21-8-12-7-20-10-16(12)24)9-22-23(17)14-5-3-13(19)4-6-14;/h3-6,9,11-12,16,20,24H,7-8,10H2,1-2H3,(H,21,25);1H. The van der Waals surface area contributed by atoms with Crippen molar-refractivity contribution in [2.75, 3.05) is 19.6 Å². The minimum atomic E-state index is -0.438. The quantitative estimate of drug-likeness (QED) is 0.737. The molecular weight excluding hydrogens is 359 g/mol. The molecule has 2 aromatic rings. The summed E-state index contributed by atoms with van der Waals surface area (Å²) in [5.74, 6) is -0.453. The zero-order valence-corrected chi connectivity index (χ0v) is 15.6. The zero-order chi connectivity index (χ0) is 18.0. The fourth-order valence-corrected chi connectivity index (χ4v) is 3.12. The fourth-order valence-electron chi connectivity index (χ4n) is 3.12. The molecule has 0 radical (unpaired) electrons. The molecule has 1 amide bonds. The summed E-state index contributed by atoms with van der Waals surface area (Å²) in [4.78, 5) is 12.6. The lowest BCUT2D eigenvalue weighted by Crippen LogP contribution is -2.34. The van der Waals surface area contributed by atoms with Gasteiger partial charge in [-0.2, -0.15) is 5.10 Å². The molecule has 3 rings (SSSR count). The number of nitrogens with zero attached hydrogens (tertiary/aromatic N) is 2. The first-order valence-corrected chi connectivity index (χ1v) is 8.48. The van der Waals surface area contributed by atoms with Crippen molar-refractivity contribution < 1.29 is 14.3 Å². The van der Waals surface area contributed by atoms with Crippen LogP contribution in [0.1, 0.15) is 35.8 Å². The first-order chi connectivity index (χ1) is 12.0. The van der Waals surface area contributed by atoms with Gasteiger partial charge < -0.3 is 15.7 Å². The Morgan fingerprint density at radius 3 is 2.65 bits per heavy atom. The highest BCUT2D eigenvalue weighted by atomic mass is 35.5. The van der Waals surface area contributed by atoms with Crippen molar-refractivity contribution in [3.8, 4) is 5.69 Å². The Hall–Kier alpha value is -1.96. The normalized spacial score (nSPS) is 19.4. The Balaban J connectivity index is 0.00000243. The Morgan fingerprint density at radius 1 is 1.38 bits per heavy atom. The lowest BCUT2D eigenvalue weighted by atomic mass is 10.0. The third kappa shape index (κ3) is 4.23. The summed E-state index contributed by atoms with van der Waals surface area (Å²) in [7, 11) is 0. The van der Waals surface area contributed by atoms with Gasteiger partial charge in [-0.25, -0.2) is 9.07 Å². The monoisotopic (exact) mass is 382 g/mol. The molecule has 2 unspecified atom stereocenters. The minimum absolute atomic E-state index is 0. The summed E-state index contributed by atoms with van der Waals surface area (Å²) in [6.07, 6.45) is 1.10. The maximum Gasteiger partial charge on any atom is 0.254 e. The van der Waals surface area contributed by atoms with Gasteiger partial charge in [0.25, 0.3) is 5.91 Å². The molecule has 3 N–H and O–H groups in total. The van der Waals surface area contributed by atoms with Crippen LogP contribution in [0.4, 0.5) is 4.39 Å². The Bertz CT molecular complexity index is 748. The molecule has 8 heteroatoms. The van der Waals surface area contributed by atoms with Crippen LogP contribution in [-0.4, -0.2) is 46.5 Å². The molecule has 1 aromatic heterocycles. The Labute approximate surface area is 158 Å². The summed E-state index contributed by atoms with van der Waals surface area (Å²) < 4.78 is 14.8. The average molecular weight is 383 g/mol. The molecule has 6 nitrogen and oxygen atoms in total. The van der Waals surface area contributed by atoms with Crippen molar-refractivity contribution in [3.05, 3.63) is 47.5 Å². The molecule has 26 heavy (non-hydrogen) atoms. The number of benzene rings is 1. The number of rotatable bonds is 5. The zero-order valence-electron chi connectivity index (χ0n) is 14.8. The summed E-state index contributed by atoms with van der Waals surface area (Å²) in [6, 6.07) is 6.01. The molecule has 0 spiro atoms. The maximum absolute atomic E-state index is 13.2. The van der Waals surface area contributed by atoms with Gasteiger partial charge in [-0.1, -0.05) is 13.8 Å². The number of carbonyl (C=O) groups excluding carboxylic acids is 1. The Kier molecular flexibility index (Phi) is 6.75. The molecular formula is C18H24ClFN4O2. The number of aliphatic hydroxyl groups excluding tert-OH is 1. The minimum Gasteiger partial charge on any atom is -0.391 e. The number of halogens is 2. The van der Waals surface area contributed by atoms with E-state index in [1.54, 1.807) is 16.8 Å². The van der Waals surface area contributed by atoms with Gasteiger partial charge in [-0.05, 0) is 30.2 Å². The van der Waals surface area contributed by atoms with E-state index in [1.807, 2.05) is 13.8 Å². The first kappa shape index (κ1) is 20.4. The van der Waals surface area contributed by atoms with Crippen molar-refractivity contribution in [1.82, 2.24) is 20.4 Å². The summed E-state index contributed by atoms with van der Waals surface area (Å²) in [6.45, 7) is 5.62. The molecule has 1 saturated heterocycles. The van der Waals surface area contributed by atoms with Gasteiger partial charge in [0.15, 0.2) is 0 Å². The van der Waals surface area contributed by atoms with Crippen LogP contribution in [0.5, 0.6) is 0 Å². The van der Waals surface area contributed by atoms with E-state index in [4.69, 9.17) is 0 Å². The molecule has 1 aliphatic heterocycles. The molecule has 0 aliphatic carbocycles. The largest absolute Gasteiger partial charge is 0.391 e. The van der Waals surface area contributed by atoms with Crippen molar-refractivity contribution in [3.63, 3.8) is 0 Å². The number of carbonyl (C=O) groups is 1. The Morgan fingerprint density at radius 2 is 2.08 bits per heavy atom. The topological polar surface area (TPSA) is 79.2 Å². The van der Waals surface area contributed by atoms with Crippen LogP contribution in [0, 0.1) is 11.7 Å². The van der Waals surface area contributed by atoms with E-state index >= 15 is 0 Å². The number of β-amino-alcohol motifs (C(OH)–C–C–N with tert-alkyl or cyclic N) is 1. The van der Waals surface area contributed by atoms with Gasteiger partial charge in [-0.15, -0.1) is 12.4 Å². The van der Waals surface area contributed by atoms with E-state index in [-0.39, 0.29) is 36.0 Å². The van der Waals surface area contributed by atoms with Gasteiger partial charge in [0.2, 0.25) is 0 Å². The lowest BCUT2D eigenvalue weighted by molar-refractivity contribution is 0.0925. The highest BCUT2D eigenvalue weighted by Crippen LogP contribution is 2.23. The predicted molar refractivity (Wildman–Crippen MR) is 99.6 cm³/mol. The van der Waals surface area contributed by atoms with Crippen LogP contribution in [-0.2, 0) is 0 Å². The van der Waals surface area contributed by atoms with Gasteiger partial charge >= 0.3 is 0 Å². The number of amides is 1. The molecule has 142 valence electrons. The number of hydrogen-bond donors (Lipinski definition) is 3. The summed E-state index contributed by atoms with van der Waals surface area (Å²) >= 11 is 0. The van der Waals surface area contributed by atoms with E-state index < -0.39 is 6.10 Å². The number of hydrogen-bond acceptors (Lipinski definition) is 4. The molecule has 0 bridgehead atoms. The number of aliphatic hydroxyl groups is 1. The van der Waals surface area contributed by atoms with Crippen LogP contribution in [0.15, 0.2) is 30.5 Å². The summed E-state index contributed by atoms with van der Waals surface area (Å²) in [5.41, 5.74) is 1.98. The second-order valence-electron chi connectivity index (χ2n) is 6.68. The molecule has 1 aliphatic rings. The van der Waals surface area contributed by atoms with Crippen LogP contribution < -0.4 is 10.6 Å². The molecule has 2 atom stereocenters. The second kappa shape index (κ2) is 8.62. The molecule has 1 fully saturated rings. The third-order valence-electron chi connectivity index (χ3n) is 4.50. The second-order valence-corrected chi connectivity index (χ2v) is 6.68. The van der Waals surface area contributed by atoms with Crippen molar-refractivity contribution in [1.29, 1.82) is 0 Å².